The maximum atomic E-state index is 13.4. The van der Waals surface area contributed by atoms with E-state index in [0.29, 0.717) is 44.5 Å². The maximum absolute atomic E-state index is 13.4. The highest BCUT2D eigenvalue weighted by atomic mass is 16.1. The van der Waals surface area contributed by atoms with Gasteiger partial charge < -0.3 is 0 Å². The Bertz CT molecular complexity index is 1220. The number of aryl methyl sites for hydroxylation is 1. The lowest BCUT2D eigenvalue weighted by molar-refractivity contribution is 0.0976. The van der Waals surface area contributed by atoms with Crippen LogP contribution in [-0.2, 0) is 6.42 Å². The molecule has 0 fully saturated rings. The Labute approximate surface area is 195 Å². The Balaban J connectivity index is 0.000000914. The first kappa shape index (κ1) is 25.6. The lowest BCUT2D eigenvalue weighted by Gasteiger charge is -2.24. The summed E-state index contributed by atoms with van der Waals surface area (Å²) < 4.78 is 0. The van der Waals surface area contributed by atoms with Gasteiger partial charge in [-0.3, -0.25) is 19.2 Å². The molecule has 4 rings (SSSR count). The van der Waals surface area contributed by atoms with Crippen LogP contribution >= 0.6 is 0 Å². The van der Waals surface area contributed by atoms with Gasteiger partial charge in [0.15, 0.2) is 17.3 Å². The number of aldehydes is 1. The van der Waals surface area contributed by atoms with Gasteiger partial charge in [-0.15, -0.1) is 0 Å². The Kier molecular flexibility index (Phi) is 8.75. The van der Waals surface area contributed by atoms with Crippen LogP contribution in [0.25, 0.3) is 0 Å². The molecule has 3 aromatic carbocycles. The molecule has 4 heteroatoms. The van der Waals surface area contributed by atoms with Crippen molar-refractivity contribution < 1.29 is 19.2 Å². The minimum atomic E-state index is -0.267. The van der Waals surface area contributed by atoms with Crippen molar-refractivity contribution in [3.05, 3.63) is 105 Å². The van der Waals surface area contributed by atoms with Crippen LogP contribution in [0.2, 0.25) is 0 Å². The third-order valence-electron chi connectivity index (χ3n) is 5.42. The van der Waals surface area contributed by atoms with Gasteiger partial charge in [0.05, 0.1) is 0 Å². The molecule has 1 aliphatic rings. The zero-order valence-electron chi connectivity index (χ0n) is 20.1. The average molecular weight is 443 g/mol. The molecule has 170 valence electrons. The van der Waals surface area contributed by atoms with Crippen molar-refractivity contribution in [3.8, 4) is 0 Å². The van der Waals surface area contributed by atoms with Gasteiger partial charge in [0.2, 0.25) is 0 Å². The summed E-state index contributed by atoms with van der Waals surface area (Å²) in [5.41, 5.74) is 4.09. The van der Waals surface area contributed by atoms with E-state index in [0.717, 1.165) is 6.29 Å². The summed E-state index contributed by atoms with van der Waals surface area (Å²) in [5, 5.41) is 0. The van der Waals surface area contributed by atoms with Crippen molar-refractivity contribution in [1.82, 2.24) is 0 Å². The number of hydrogen-bond acceptors (Lipinski definition) is 4. The standard InChI is InChI=1S/C25H18O4.2C2H6/c1-14-11-21-23(25(29)19-10-6-5-9-18(19)24(21)28)20(22(14)15(2)27)12-16-7-3-4-8-17(16)13-26;2*1-2/h3-11,13H,12H2,1-2H3;2*1-2H3. The number of fused-ring (bicyclic) bond motifs is 2. The molecule has 0 saturated carbocycles. The summed E-state index contributed by atoms with van der Waals surface area (Å²) in [5.74, 6) is -0.669. The van der Waals surface area contributed by atoms with Gasteiger partial charge in [-0.2, -0.15) is 0 Å². The molecule has 0 aliphatic heterocycles. The molecular weight excluding hydrogens is 412 g/mol. The van der Waals surface area contributed by atoms with E-state index in [9.17, 15) is 19.2 Å². The number of benzene rings is 3. The summed E-state index contributed by atoms with van der Waals surface area (Å²) >= 11 is 0. The molecule has 0 unspecified atom stereocenters. The van der Waals surface area contributed by atoms with Gasteiger partial charge >= 0.3 is 0 Å². The minimum absolute atomic E-state index is 0.178. The molecule has 4 nitrogen and oxygen atoms in total. The third-order valence-corrected chi connectivity index (χ3v) is 5.42. The van der Waals surface area contributed by atoms with Crippen molar-refractivity contribution in [2.24, 2.45) is 0 Å². The number of ketones is 3. The van der Waals surface area contributed by atoms with E-state index in [1.165, 1.54) is 6.92 Å². The second kappa shape index (κ2) is 11.3. The van der Waals surface area contributed by atoms with Crippen molar-refractivity contribution >= 4 is 23.6 Å². The first-order valence-corrected chi connectivity index (χ1v) is 11.3. The average Bonchev–Trinajstić information content (AvgIpc) is 2.85. The zero-order valence-corrected chi connectivity index (χ0v) is 20.1. The van der Waals surface area contributed by atoms with Crippen LogP contribution in [0.3, 0.4) is 0 Å². The molecule has 1 aliphatic carbocycles. The third kappa shape index (κ3) is 4.75. The molecule has 0 atom stereocenters. The molecule has 0 N–H and O–H groups in total. The molecular formula is C29H30O4. The smallest absolute Gasteiger partial charge is 0.194 e. The SMILES string of the molecule is CC.CC.CC(=O)c1c(C)cc2c(c1Cc1ccccc1C=O)C(=O)c1ccccc1C2=O. The summed E-state index contributed by atoms with van der Waals surface area (Å²) in [7, 11) is 0. The molecule has 0 radical (unpaired) electrons. The number of Topliss-reactive ketones (excluding diaryl/α,β-unsaturated/α-hetero) is 1. The Hall–Kier alpha value is -3.66. The van der Waals surface area contributed by atoms with Gasteiger partial charge in [-0.05, 0) is 43.0 Å². The van der Waals surface area contributed by atoms with E-state index >= 15 is 0 Å². The van der Waals surface area contributed by atoms with Crippen LogP contribution in [0.15, 0.2) is 54.6 Å². The predicted octanol–water partition coefficient (Wildman–Crippen LogP) is 6.43. The zero-order chi connectivity index (χ0) is 24.7. The Morgan fingerprint density at radius 3 is 1.94 bits per heavy atom. The Morgan fingerprint density at radius 1 is 0.818 bits per heavy atom. The van der Waals surface area contributed by atoms with Crippen molar-refractivity contribution in [2.45, 2.75) is 48.0 Å². The second-order valence-corrected chi connectivity index (χ2v) is 7.22. The minimum Gasteiger partial charge on any atom is -0.298 e. The number of rotatable bonds is 4. The summed E-state index contributed by atoms with van der Waals surface area (Å²) in [6, 6.07) is 15.4. The Morgan fingerprint density at radius 2 is 1.36 bits per heavy atom. The van der Waals surface area contributed by atoms with Crippen LogP contribution in [-0.4, -0.2) is 23.6 Å². The van der Waals surface area contributed by atoms with Crippen molar-refractivity contribution in [1.29, 1.82) is 0 Å². The fraction of sp³-hybridized carbons (Fsp3) is 0.241. The summed E-state index contributed by atoms with van der Waals surface area (Å²) in [4.78, 5) is 50.5. The second-order valence-electron chi connectivity index (χ2n) is 7.22. The lowest BCUT2D eigenvalue weighted by atomic mass is 9.77. The van der Waals surface area contributed by atoms with Gasteiger partial charge in [-0.25, -0.2) is 0 Å². The van der Waals surface area contributed by atoms with Gasteiger partial charge in [0.1, 0.15) is 6.29 Å². The highest BCUT2D eigenvalue weighted by molar-refractivity contribution is 6.29. The van der Waals surface area contributed by atoms with Crippen molar-refractivity contribution in [3.63, 3.8) is 0 Å². The molecule has 0 aromatic heterocycles. The molecule has 33 heavy (non-hydrogen) atoms. The highest BCUT2D eigenvalue weighted by Crippen LogP contribution is 2.34. The molecule has 0 amide bonds. The quantitative estimate of drug-likeness (QED) is 0.270. The van der Waals surface area contributed by atoms with Crippen LogP contribution in [0.4, 0.5) is 0 Å². The van der Waals surface area contributed by atoms with E-state index in [-0.39, 0.29) is 29.3 Å². The normalized spacial score (nSPS) is 11.2. The number of carbonyl (C=O) groups is 4. The van der Waals surface area contributed by atoms with Crippen LogP contribution in [0.5, 0.6) is 0 Å². The van der Waals surface area contributed by atoms with E-state index in [1.54, 1.807) is 61.5 Å². The predicted molar refractivity (Wildman–Crippen MR) is 132 cm³/mol. The van der Waals surface area contributed by atoms with Crippen LogP contribution < -0.4 is 0 Å². The van der Waals surface area contributed by atoms with E-state index < -0.39 is 0 Å². The lowest BCUT2D eigenvalue weighted by Crippen LogP contribution is -2.25. The largest absolute Gasteiger partial charge is 0.298 e. The molecule has 3 aromatic rings. The van der Waals surface area contributed by atoms with Gasteiger partial charge in [0.25, 0.3) is 0 Å². The fourth-order valence-corrected chi connectivity index (χ4v) is 4.15. The molecule has 0 heterocycles. The molecule has 0 saturated heterocycles. The van der Waals surface area contributed by atoms with Crippen LogP contribution in [0, 0.1) is 6.92 Å². The fourth-order valence-electron chi connectivity index (χ4n) is 4.15. The summed E-state index contributed by atoms with van der Waals surface area (Å²) in [6.45, 7) is 11.2. The van der Waals surface area contributed by atoms with Crippen LogP contribution in [0.1, 0.15) is 104 Å². The monoisotopic (exact) mass is 442 g/mol. The summed E-state index contributed by atoms with van der Waals surface area (Å²) in [6.07, 6.45) is 0.975. The topological polar surface area (TPSA) is 68.3 Å². The first-order chi connectivity index (χ1) is 15.9. The highest BCUT2D eigenvalue weighted by Gasteiger charge is 2.34. The van der Waals surface area contributed by atoms with E-state index in [1.807, 2.05) is 27.7 Å². The van der Waals surface area contributed by atoms with Gasteiger partial charge in [0, 0.05) is 33.4 Å². The molecule has 0 spiro atoms. The van der Waals surface area contributed by atoms with E-state index in [4.69, 9.17) is 0 Å². The maximum Gasteiger partial charge on any atom is 0.194 e. The van der Waals surface area contributed by atoms with Crippen molar-refractivity contribution in [2.75, 3.05) is 0 Å². The number of hydrogen-bond donors (Lipinski definition) is 0. The molecule has 0 bridgehead atoms. The van der Waals surface area contributed by atoms with E-state index in [2.05, 4.69) is 0 Å². The van der Waals surface area contributed by atoms with Gasteiger partial charge in [-0.1, -0.05) is 76.2 Å². The number of carbonyl (C=O) groups excluding carboxylic acids is 4. The first-order valence-electron chi connectivity index (χ1n) is 11.3.